The molecule has 114 valence electrons. The van der Waals surface area contributed by atoms with Crippen LogP contribution in [0.2, 0.25) is 0 Å². The van der Waals surface area contributed by atoms with E-state index in [-0.39, 0.29) is 12.1 Å². The van der Waals surface area contributed by atoms with Crippen molar-refractivity contribution in [2.75, 3.05) is 5.32 Å². The molecule has 0 saturated heterocycles. The fourth-order valence-corrected chi connectivity index (χ4v) is 3.24. The van der Waals surface area contributed by atoms with Gasteiger partial charge in [-0.3, -0.25) is 19.9 Å². The summed E-state index contributed by atoms with van der Waals surface area (Å²) in [7, 11) is 0. The number of nitro groups is 1. The number of pyridine rings is 1. The van der Waals surface area contributed by atoms with Crippen LogP contribution in [-0.4, -0.2) is 26.5 Å². The van der Waals surface area contributed by atoms with Crippen LogP contribution in [0, 0.1) is 10.1 Å². The second kappa shape index (κ2) is 6.38. The van der Waals surface area contributed by atoms with E-state index in [0.29, 0.717) is 23.0 Å². The summed E-state index contributed by atoms with van der Waals surface area (Å²) in [6.45, 7) is 0. The number of carboxylic acid groups (broad SMARTS) is 1. The second-order valence-corrected chi connectivity index (χ2v) is 6.16. The van der Waals surface area contributed by atoms with E-state index in [0.717, 1.165) is 19.3 Å². The quantitative estimate of drug-likeness (QED) is 0.618. The average Bonchev–Trinajstić information content (AvgIpc) is 2.41. The summed E-state index contributed by atoms with van der Waals surface area (Å²) in [5.74, 6) is -0.905. The van der Waals surface area contributed by atoms with Gasteiger partial charge in [0.1, 0.15) is 11.9 Å². The molecule has 0 aliphatic heterocycles. The fourth-order valence-electron chi connectivity index (χ4n) is 2.82. The molecule has 8 heteroatoms. The lowest BCUT2D eigenvalue weighted by molar-refractivity contribution is -0.384. The van der Waals surface area contributed by atoms with E-state index in [4.69, 9.17) is 5.11 Å². The molecule has 2 N–H and O–H groups in total. The number of aromatic nitrogens is 1. The highest BCUT2D eigenvalue weighted by Crippen LogP contribution is 2.39. The van der Waals surface area contributed by atoms with Crippen LogP contribution in [0.25, 0.3) is 0 Å². The van der Waals surface area contributed by atoms with Crippen LogP contribution in [0.1, 0.15) is 38.5 Å². The molecule has 2 rings (SSSR count). The molecule has 0 atom stereocenters. The second-order valence-electron chi connectivity index (χ2n) is 5.31. The van der Waals surface area contributed by atoms with Crippen molar-refractivity contribution in [3.8, 4) is 0 Å². The molecule has 1 saturated carbocycles. The minimum absolute atomic E-state index is 0.0566. The van der Waals surface area contributed by atoms with Crippen LogP contribution < -0.4 is 5.32 Å². The number of carboxylic acids is 1. The van der Waals surface area contributed by atoms with Crippen LogP contribution in [0.3, 0.4) is 0 Å². The third-order valence-corrected chi connectivity index (χ3v) is 4.37. The molecule has 0 aromatic carbocycles. The fraction of sp³-hybridized carbons (Fsp3) is 0.538. The Hall–Kier alpha value is -1.70. The van der Waals surface area contributed by atoms with Crippen molar-refractivity contribution >= 4 is 33.3 Å². The van der Waals surface area contributed by atoms with Crippen molar-refractivity contribution in [2.24, 2.45) is 0 Å². The number of anilines is 1. The summed E-state index contributed by atoms with van der Waals surface area (Å²) < 4.78 is 0.465. The maximum atomic E-state index is 11.2. The summed E-state index contributed by atoms with van der Waals surface area (Å²) >= 11 is 3.26. The largest absolute Gasteiger partial charge is 0.481 e. The Kier molecular flexibility index (Phi) is 4.76. The topological polar surface area (TPSA) is 105 Å². The summed E-state index contributed by atoms with van der Waals surface area (Å²) in [5, 5.41) is 23.4. The Morgan fingerprint density at radius 3 is 2.67 bits per heavy atom. The zero-order valence-corrected chi connectivity index (χ0v) is 12.9. The van der Waals surface area contributed by atoms with Gasteiger partial charge in [0.2, 0.25) is 0 Å². The average molecular weight is 358 g/mol. The molecule has 0 unspecified atom stereocenters. The number of halogens is 1. The molecule has 1 aromatic rings. The van der Waals surface area contributed by atoms with E-state index in [1.54, 1.807) is 0 Å². The van der Waals surface area contributed by atoms with Gasteiger partial charge in [0.25, 0.3) is 0 Å². The van der Waals surface area contributed by atoms with E-state index in [2.05, 4.69) is 26.2 Å². The predicted molar refractivity (Wildman–Crippen MR) is 80.3 cm³/mol. The molecule has 7 nitrogen and oxygen atoms in total. The molecule has 1 aromatic heterocycles. The molecule has 0 radical (unpaired) electrons. The maximum absolute atomic E-state index is 11.2. The minimum atomic E-state index is -0.905. The SMILES string of the molecule is O=C(O)CC1(Nc2c(Br)cncc2[N+](=O)[O-])CCCCC1. The normalized spacial score (nSPS) is 17.2. The van der Waals surface area contributed by atoms with Gasteiger partial charge < -0.3 is 10.4 Å². The van der Waals surface area contributed by atoms with Crippen molar-refractivity contribution in [3.63, 3.8) is 0 Å². The molecule has 0 spiro atoms. The summed E-state index contributed by atoms with van der Waals surface area (Å²) in [4.78, 5) is 25.6. The van der Waals surface area contributed by atoms with Gasteiger partial charge in [-0.2, -0.15) is 0 Å². The molecule has 1 aliphatic carbocycles. The van der Waals surface area contributed by atoms with Crippen molar-refractivity contribution in [3.05, 3.63) is 27.0 Å². The van der Waals surface area contributed by atoms with Crippen LogP contribution in [0.5, 0.6) is 0 Å². The van der Waals surface area contributed by atoms with Crippen LogP contribution >= 0.6 is 15.9 Å². The highest BCUT2D eigenvalue weighted by atomic mass is 79.9. The Morgan fingerprint density at radius 2 is 2.10 bits per heavy atom. The first-order valence-electron chi connectivity index (χ1n) is 6.71. The molecule has 0 amide bonds. The predicted octanol–water partition coefficient (Wildman–Crippen LogP) is 3.34. The zero-order valence-electron chi connectivity index (χ0n) is 11.3. The Bertz CT molecular complexity index is 558. The van der Waals surface area contributed by atoms with E-state index in [1.165, 1.54) is 12.4 Å². The third-order valence-electron chi connectivity index (χ3n) is 3.77. The van der Waals surface area contributed by atoms with E-state index >= 15 is 0 Å². The van der Waals surface area contributed by atoms with Crippen molar-refractivity contribution in [1.82, 2.24) is 4.98 Å². The number of carbonyl (C=O) groups is 1. The highest BCUT2D eigenvalue weighted by Gasteiger charge is 2.36. The maximum Gasteiger partial charge on any atom is 0.311 e. The first-order chi connectivity index (χ1) is 9.93. The zero-order chi connectivity index (χ0) is 15.5. The lowest BCUT2D eigenvalue weighted by Gasteiger charge is -2.37. The molecule has 1 fully saturated rings. The smallest absolute Gasteiger partial charge is 0.311 e. The number of hydrogen-bond acceptors (Lipinski definition) is 5. The third kappa shape index (κ3) is 3.69. The van der Waals surface area contributed by atoms with Crippen molar-refractivity contribution in [1.29, 1.82) is 0 Å². The summed E-state index contributed by atoms with van der Waals surface area (Å²) in [5.41, 5.74) is -0.489. The first-order valence-corrected chi connectivity index (χ1v) is 7.51. The summed E-state index contributed by atoms with van der Waals surface area (Å²) in [6, 6.07) is 0. The standard InChI is InChI=1S/C13H16BrN3O4/c14-9-7-15-8-10(17(20)21)12(9)16-13(6-11(18)19)4-2-1-3-5-13/h7-8H,1-6H2,(H,15,16)(H,18,19). The van der Waals surface area contributed by atoms with Gasteiger partial charge in [-0.25, -0.2) is 0 Å². The molecular weight excluding hydrogens is 342 g/mol. The van der Waals surface area contributed by atoms with E-state index in [1.807, 2.05) is 0 Å². The molecular formula is C13H16BrN3O4. The van der Waals surface area contributed by atoms with Gasteiger partial charge in [0, 0.05) is 11.7 Å². The van der Waals surface area contributed by atoms with E-state index < -0.39 is 16.4 Å². The minimum Gasteiger partial charge on any atom is -0.481 e. The van der Waals surface area contributed by atoms with Crippen molar-refractivity contribution < 1.29 is 14.8 Å². The van der Waals surface area contributed by atoms with Gasteiger partial charge in [-0.1, -0.05) is 19.3 Å². The highest BCUT2D eigenvalue weighted by molar-refractivity contribution is 9.10. The molecule has 21 heavy (non-hydrogen) atoms. The van der Waals surface area contributed by atoms with Gasteiger partial charge in [-0.15, -0.1) is 0 Å². The molecule has 1 heterocycles. The van der Waals surface area contributed by atoms with Gasteiger partial charge in [-0.05, 0) is 28.8 Å². The van der Waals surface area contributed by atoms with Crippen LogP contribution in [-0.2, 0) is 4.79 Å². The number of hydrogen-bond donors (Lipinski definition) is 2. The Morgan fingerprint density at radius 1 is 1.43 bits per heavy atom. The summed E-state index contributed by atoms with van der Waals surface area (Å²) in [6.07, 6.45) is 6.84. The van der Waals surface area contributed by atoms with Crippen molar-refractivity contribution in [2.45, 2.75) is 44.1 Å². The first kappa shape index (κ1) is 15.7. The number of nitrogens with zero attached hydrogens (tertiary/aromatic N) is 2. The lowest BCUT2D eigenvalue weighted by atomic mass is 9.79. The monoisotopic (exact) mass is 357 g/mol. The number of rotatable bonds is 5. The van der Waals surface area contributed by atoms with Crippen LogP contribution in [0.4, 0.5) is 11.4 Å². The lowest BCUT2D eigenvalue weighted by Crippen LogP contribution is -2.42. The van der Waals surface area contributed by atoms with Gasteiger partial charge in [0.05, 0.1) is 15.8 Å². The Labute approximate surface area is 130 Å². The van der Waals surface area contributed by atoms with Gasteiger partial charge >= 0.3 is 11.7 Å². The molecule has 0 bridgehead atoms. The van der Waals surface area contributed by atoms with Gasteiger partial charge in [0.15, 0.2) is 0 Å². The number of aliphatic carboxylic acids is 1. The van der Waals surface area contributed by atoms with E-state index in [9.17, 15) is 14.9 Å². The Balaban J connectivity index is 2.36. The molecule has 1 aliphatic rings. The van der Waals surface area contributed by atoms with Crippen LogP contribution in [0.15, 0.2) is 16.9 Å². The number of nitrogens with one attached hydrogen (secondary N) is 1.